The molecule has 98 valence electrons. The van der Waals surface area contributed by atoms with E-state index >= 15 is 0 Å². The number of likely N-dealkylation sites (N-methyl/N-ethyl adjacent to an activating group) is 1. The van der Waals surface area contributed by atoms with Crippen LogP contribution in [0.1, 0.15) is 39.1 Å². The molecule has 0 bridgehead atoms. The van der Waals surface area contributed by atoms with Gasteiger partial charge >= 0.3 is 0 Å². The van der Waals surface area contributed by atoms with Gasteiger partial charge in [-0.15, -0.1) is 0 Å². The second-order valence-corrected chi connectivity index (χ2v) is 4.39. The van der Waals surface area contributed by atoms with Crippen molar-refractivity contribution in [2.75, 3.05) is 20.3 Å². The standard InChI is InChI=1S/C12H24N4O/c1-5-17-7-6-11(13-4)8-12-14-9-15-16(12)10(2)3/h9-11,13H,5-8H2,1-4H3. The van der Waals surface area contributed by atoms with Gasteiger partial charge in [0, 0.05) is 31.7 Å². The van der Waals surface area contributed by atoms with E-state index in [4.69, 9.17) is 4.74 Å². The molecule has 1 aromatic heterocycles. The van der Waals surface area contributed by atoms with Gasteiger partial charge in [-0.1, -0.05) is 0 Å². The highest BCUT2D eigenvalue weighted by molar-refractivity contribution is 4.91. The summed E-state index contributed by atoms with van der Waals surface area (Å²) in [6.45, 7) is 7.82. The lowest BCUT2D eigenvalue weighted by Crippen LogP contribution is -2.30. The van der Waals surface area contributed by atoms with Crippen LogP contribution < -0.4 is 5.32 Å². The number of nitrogens with one attached hydrogen (secondary N) is 1. The van der Waals surface area contributed by atoms with Crippen molar-refractivity contribution in [2.45, 2.75) is 45.7 Å². The summed E-state index contributed by atoms with van der Waals surface area (Å²) in [4.78, 5) is 4.32. The van der Waals surface area contributed by atoms with Crippen LogP contribution in [0, 0.1) is 0 Å². The van der Waals surface area contributed by atoms with Crippen molar-refractivity contribution < 1.29 is 4.74 Å². The van der Waals surface area contributed by atoms with Gasteiger partial charge in [-0.3, -0.25) is 0 Å². The Balaban J connectivity index is 2.51. The highest BCUT2D eigenvalue weighted by atomic mass is 16.5. The molecule has 5 nitrogen and oxygen atoms in total. The molecule has 17 heavy (non-hydrogen) atoms. The summed E-state index contributed by atoms with van der Waals surface area (Å²) in [7, 11) is 1.98. The highest BCUT2D eigenvalue weighted by Crippen LogP contribution is 2.08. The van der Waals surface area contributed by atoms with Crippen LogP contribution in [-0.2, 0) is 11.2 Å². The number of rotatable bonds is 8. The van der Waals surface area contributed by atoms with Gasteiger partial charge in [-0.05, 0) is 34.2 Å². The molecule has 0 fully saturated rings. The molecule has 1 aromatic rings. The van der Waals surface area contributed by atoms with Gasteiger partial charge in [0.05, 0.1) is 0 Å². The van der Waals surface area contributed by atoms with Gasteiger partial charge in [-0.25, -0.2) is 9.67 Å². The van der Waals surface area contributed by atoms with Gasteiger partial charge in [0.2, 0.25) is 0 Å². The molecule has 0 saturated carbocycles. The molecule has 0 saturated heterocycles. The Labute approximate surface area is 104 Å². The maximum atomic E-state index is 5.38. The summed E-state index contributed by atoms with van der Waals surface area (Å²) in [6.07, 6.45) is 3.52. The molecule has 5 heteroatoms. The molecule has 0 aliphatic carbocycles. The zero-order chi connectivity index (χ0) is 12.7. The van der Waals surface area contributed by atoms with Crippen molar-refractivity contribution in [3.63, 3.8) is 0 Å². The Bertz CT molecular complexity index is 311. The van der Waals surface area contributed by atoms with Crippen LogP contribution in [0.4, 0.5) is 0 Å². The fraction of sp³-hybridized carbons (Fsp3) is 0.833. The topological polar surface area (TPSA) is 52.0 Å². The van der Waals surface area contributed by atoms with Crippen LogP contribution in [0.3, 0.4) is 0 Å². The molecular weight excluding hydrogens is 216 g/mol. The molecule has 0 aromatic carbocycles. The van der Waals surface area contributed by atoms with Gasteiger partial charge < -0.3 is 10.1 Å². The van der Waals surface area contributed by atoms with Crippen molar-refractivity contribution in [2.24, 2.45) is 0 Å². The molecule has 0 radical (unpaired) electrons. The van der Waals surface area contributed by atoms with E-state index in [1.165, 1.54) is 0 Å². The molecule has 1 unspecified atom stereocenters. The first-order valence-corrected chi connectivity index (χ1v) is 6.32. The van der Waals surface area contributed by atoms with Gasteiger partial charge in [0.15, 0.2) is 0 Å². The summed E-state index contributed by atoms with van der Waals surface area (Å²) >= 11 is 0. The van der Waals surface area contributed by atoms with Crippen LogP contribution >= 0.6 is 0 Å². The second-order valence-electron chi connectivity index (χ2n) is 4.39. The summed E-state index contributed by atoms with van der Waals surface area (Å²) in [5.74, 6) is 1.04. The Morgan fingerprint density at radius 2 is 2.24 bits per heavy atom. The van der Waals surface area contributed by atoms with Crippen LogP contribution in [0.15, 0.2) is 6.33 Å². The first-order valence-electron chi connectivity index (χ1n) is 6.32. The molecule has 1 N–H and O–H groups in total. The number of hydrogen-bond acceptors (Lipinski definition) is 4. The largest absolute Gasteiger partial charge is 0.382 e. The minimum atomic E-state index is 0.358. The van der Waals surface area contributed by atoms with E-state index < -0.39 is 0 Å². The third-order valence-electron chi connectivity index (χ3n) is 2.79. The molecule has 1 atom stereocenters. The summed E-state index contributed by atoms with van der Waals surface area (Å²) in [5, 5.41) is 7.55. The second kappa shape index (κ2) is 7.40. The maximum Gasteiger partial charge on any atom is 0.138 e. The Hall–Kier alpha value is -0.940. The lowest BCUT2D eigenvalue weighted by Gasteiger charge is -2.17. The molecule has 0 amide bonds. The minimum Gasteiger partial charge on any atom is -0.382 e. The Morgan fingerprint density at radius 1 is 1.47 bits per heavy atom. The van der Waals surface area contributed by atoms with Crippen molar-refractivity contribution >= 4 is 0 Å². The number of ether oxygens (including phenoxy) is 1. The fourth-order valence-corrected chi connectivity index (χ4v) is 1.79. The molecule has 1 rings (SSSR count). The smallest absolute Gasteiger partial charge is 0.138 e. The summed E-state index contributed by atoms with van der Waals surface area (Å²) < 4.78 is 7.36. The lowest BCUT2D eigenvalue weighted by molar-refractivity contribution is 0.136. The van der Waals surface area contributed by atoms with Crippen LogP contribution in [0.5, 0.6) is 0 Å². The normalized spacial score (nSPS) is 13.2. The van der Waals surface area contributed by atoms with Crippen LogP contribution in [0.2, 0.25) is 0 Å². The Morgan fingerprint density at radius 3 is 2.82 bits per heavy atom. The minimum absolute atomic E-state index is 0.358. The van der Waals surface area contributed by atoms with E-state index in [0.29, 0.717) is 12.1 Å². The van der Waals surface area contributed by atoms with Gasteiger partial charge in [0.1, 0.15) is 12.2 Å². The van der Waals surface area contributed by atoms with E-state index in [1.54, 1.807) is 6.33 Å². The van der Waals surface area contributed by atoms with Crippen molar-refractivity contribution in [3.05, 3.63) is 12.2 Å². The van der Waals surface area contributed by atoms with E-state index in [-0.39, 0.29) is 0 Å². The average Bonchev–Trinajstić information content (AvgIpc) is 2.76. The SMILES string of the molecule is CCOCCC(Cc1ncnn1C(C)C)NC. The predicted octanol–water partition coefficient (Wildman–Crippen LogP) is 1.42. The lowest BCUT2D eigenvalue weighted by atomic mass is 10.1. The zero-order valence-corrected chi connectivity index (χ0v) is 11.3. The van der Waals surface area contributed by atoms with Crippen LogP contribution in [0.25, 0.3) is 0 Å². The highest BCUT2D eigenvalue weighted by Gasteiger charge is 2.13. The number of aromatic nitrogens is 3. The fourth-order valence-electron chi connectivity index (χ4n) is 1.79. The van der Waals surface area contributed by atoms with E-state index in [0.717, 1.165) is 31.9 Å². The third-order valence-corrected chi connectivity index (χ3v) is 2.79. The van der Waals surface area contributed by atoms with Crippen molar-refractivity contribution in [3.8, 4) is 0 Å². The average molecular weight is 240 g/mol. The number of nitrogens with zero attached hydrogens (tertiary/aromatic N) is 3. The maximum absolute atomic E-state index is 5.38. The van der Waals surface area contributed by atoms with E-state index in [2.05, 4.69) is 29.2 Å². The quantitative estimate of drug-likeness (QED) is 0.698. The molecule has 1 heterocycles. The predicted molar refractivity (Wildman–Crippen MR) is 68.1 cm³/mol. The van der Waals surface area contributed by atoms with Crippen molar-refractivity contribution in [1.82, 2.24) is 20.1 Å². The van der Waals surface area contributed by atoms with Gasteiger partial charge in [-0.2, -0.15) is 5.10 Å². The summed E-state index contributed by atoms with van der Waals surface area (Å²) in [6, 6.07) is 0.750. The third kappa shape index (κ3) is 4.44. The van der Waals surface area contributed by atoms with Gasteiger partial charge in [0.25, 0.3) is 0 Å². The first-order chi connectivity index (χ1) is 8.19. The Kier molecular flexibility index (Phi) is 6.15. The zero-order valence-electron chi connectivity index (χ0n) is 11.3. The van der Waals surface area contributed by atoms with E-state index in [9.17, 15) is 0 Å². The van der Waals surface area contributed by atoms with Crippen molar-refractivity contribution in [1.29, 1.82) is 0 Å². The molecule has 0 spiro atoms. The number of hydrogen-bond donors (Lipinski definition) is 1. The van der Waals surface area contributed by atoms with E-state index in [1.807, 2.05) is 18.7 Å². The monoisotopic (exact) mass is 240 g/mol. The summed E-state index contributed by atoms with van der Waals surface area (Å²) in [5.41, 5.74) is 0. The molecule has 0 aliphatic heterocycles. The molecule has 0 aliphatic rings. The first kappa shape index (κ1) is 14.1. The molecular formula is C12H24N4O. The van der Waals surface area contributed by atoms with Crippen LogP contribution in [-0.4, -0.2) is 41.1 Å².